The van der Waals surface area contributed by atoms with Gasteiger partial charge < -0.3 is 26.0 Å². The molecule has 9 nitrogen and oxygen atoms in total. The van der Waals surface area contributed by atoms with E-state index in [1.54, 1.807) is 25.7 Å². The van der Waals surface area contributed by atoms with Crippen molar-refractivity contribution in [2.24, 2.45) is 0 Å². The van der Waals surface area contributed by atoms with Crippen molar-refractivity contribution < 1.29 is 19.1 Å². The highest BCUT2D eigenvalue weighted by Crippen LogP contribution is 2.32. The zero-order chi connectivity index (χ0) is 29.9. The Hall–Kier alpha value is -3.92. The largest absolute Gasteiger partial charge is 0.444 e. The number of nitrogens with zero attached hydrogens (tertiary/aromatic N) is 2. The lowest BCUT2D eigenvalue weighted by Crippen LogP contribution is -2.57. The molecule has 3 amide bonds. The molecule has 5 rings (SSSR count). The van der Waals surface area contributed by atoms with Crippen molar-refractivity contribution in [3.8, 4) is 0 Å². The number of thiazole rings is 1. The maximum atomic E-state index is 14.5. The molecule has 1 saturated heterocycles. The second-order valence-electron chi connectivity index (χ2n) is 12.0. The number of nitrogens with two attached hydrogens (primary N) is 1. The van der Waals surface area contributed by atoms with Gasteiger partial charge in [-0.25, -0.2) is 9.78 Å². The molecule has 1 aliphatic carbocycles. The zero-order valence-corrected chi connectivity index (χ0v) is 25.2. The van der Waals surface area contributed by atoms with Crippen LogP contribution in [0.2, 0.25) is 0 Å². The summed E-state index contributed by atoms with van der Waals surface area (Å²) in [5.41, 5.74) is 7.92. The summed E-state index contributed by atoms with van der Waals surface area (Å²) in [5.74, 6) is -0.971. The van der Waals surface area contributed by atoms with Gasteiger partial charge in [0.25, 0.3) is 0 Å². The number of alkyl carbamates (subject to hydrolysis) is 1. The Labute approximate surface area is 250 Å². The molecule has 4 N–H and O–H groups in total. The molecule has 3 aromatic rings. The van der Waals surface area contributed by atoms with E-state index in [9.17, 15) is 14.4 Å². The molecule has 0 saturated carbocycles. The van der Waals surface area contributed by atoms with Crippen LogP contribution >= 0.6 is 11.3 Å². The van der Waals surface area contributed by atoms with Crippen LogP contribution in [0.3, 0.4) is 0 Å². The molecule has 0 spiro atoms. The summed E-state index contributed by atoms with van der Waals surface area (Å²) in [5, 5.41) is 6.64. The lowest BCUT2D eigenvalue weighted by Gasteiger charge is -2.34. The zero-order valence-electron chi connectivity index (χ0n) is 24.3. The molecule has 2 aromatic carbocycles. The Morgan fingerprint density at radius 3 is 2.29 bits per heavy atom. The van der Waals surface area contributed by atoms with E-state index in [0.29, 0.717) is 30.9 Å². The van der Waals surface area contributed by atoms with Gasteiger partial charge in [-0.05, 0) is 57.6 Å². The predicted molar refractivity (Wildman–Crippen MR) is 163 cm³/mol. The smallest absolute Gasteiger partial charge is 0.408 e. The topological polar surface area (TPSA) is 127 Å². The number of nitrogens with one attached hydrogen (secondary N) is 2. The first-order chi connectivity index (χ1) is 20.1. The number of nitrogen functional groups attached to an aromatic ring is 1. The number of benzene rings is 2. The van der Waals surface area contributed by atoms with Crippen molar-refractivity contribution in [2.75, 3.05) is 12.3 Å². The second-order valence-corrected chi connectivity index (χ2v) is 13.1. The van der Waals surface area contributed by atoms with Crippen LogP contribution < -0.4 is 16.4 Å². The minimum atomic E-state index is -0.990. The second kappa shape index (κ2) is 12.5. The molecule has 222 valence electrons. The summed E-state index contributed by atoms with van der Waals surface area (Å²) >= 11 is 1.47. The minimum Gasteiger partial charge on any atom is -0.444 e. The van der Waals surface area contributed by atoms with Gasteiger partial charge in [0.2, 0.25) is 11.8 Å². The van der Waals surface area contributed by atoms with Crippen LogP contribution in [0.25, 0.3) is 0 Å². The third kappa shape index (κ3) is 6.92. The van der Waals surface area contributed by atoms with Crippen molar-refractivity contribution in [3.05, 3.63) is 82.4 Å². The number of hydrogen-bond donors (Lipinski definition) is 3. The van der Waals surface area contributed by atoms with Crippen LogP contribution in [0, 0.1) is 0 Å². The summed E-state index contributed by atoms with van der Waals surface area (Å²) in [7, 11) is 0. The minimum absolute atomic E-state index is 0.0422. The lowest BCUT2D eigenvalue weighted by atomic mass is 9.84. The number of carbonyl (C=O) groups excluding carboxylic acids is 3. The van der Waals surface area contributed by atoms with Gasteiger partial charge in [0.15, 0.2) is 5.13 Å². The van der Waals surface area contributed by atoms with Crippen molar-refractivity contribution in [1.29, 1.82) is 0 Å². The third-order valence-corrected chi connectivity index (χ3v) is 8.68. The molecule has 2 aliphatic rings. The fourth-order valence-corrected chi connectivity index (χ4v) is 6.88. The summed E-state index contributed by atoms with van der Waals surface area (Å²) in [6, 6.07) is 17.6. The Bertz CT molecular complexity index is 1370. The number of aromatic nitrogens is 1. The molecule has 42 heavy (non-hydrogen) atoms. The Balaban J connectivity index is 1.41. The van der Waals surface area contributed by atoms with E-state index in [2.05, 4.69) is 15.6 Å². The average Bonchev–Trinajstić information content (AvgIpc) is 3.58. The van der Waals surface area contributed by atoms with Crippen molar-refractivity contribution in [3.63, 3.8) is 0 Å². The van der Waals surface area contributed by atoms with Crippen molar-refractivity contribution in [2.45, 2.75) is 82.5 Å². The maximum absolute atomic E-state index is 14.5. The van der Waals surface area contributed by atoms with E-state index < -0.39 is 29.7 Å². The van der Waals surface area contributed by atoms with Crippen LogP contribution in [0.4, 0.5) is 9.93 Å². The maximum Gasteiger partial charge on any atom is 0.408 e. The number of fused-ring (bicyclic) bond motifs is 1. The summed E-state index contributed by atoms with van der Waals surface area (Å²) < 4.78 is 5.60. The molecule has 1 aromatic heterocycles. The van der Waals surface area contributed by atoms with E-state index >= 15 is 0 Å². The molecule has 0 radical (unpaired) electrons. The number of ether oxygens (including phenoxy) is 1. The van der Waals surface area contributed by atoms with E-state index in [0.717, 1.165) is 34.5 Å². The van der Waals surface area contributed by atoms with Gasteiger partial charge >= 0.3 is 6.09 Å². The van der Waals surface area contributed by atoms with Gasteiger partial charge in [-0.3, -0.25) is 9.59 Å². The van der Waals surface area contributed by atoms with Crippen LogP contribution in [-0.4, -0.2) is 58.1 Å². The summed E-state index contributed by atoms with van der Waals surface area (Å²) in [6.07, 6.45) is 2.80. The fraction of sp³-hybridized carbons (Fsp3) is 0.438. The van der Waals surface area contributed by atoms with Gasteiger partial charge in [0.1, 0.15) is 17.7 Å². The fourth-order valence-electron chi connectivity index (χ4n) is 5.92. The number of hydrogen-bond acceptors (Lipinski definition) is 7. The van der Waals surface area contributed by atoms with E-state index in [-0.39, 0.29) is 17.9 Å². The highest BCUT2D eigenvalue weighted by atomic mass is 32.1. The monoisotopic (exact) mass is 589 g/mol. The first-order valence-electron chi connectivity index (χ1n) is 14.5. The number of aryl methyl sites for hydroxylation is 1. The molecule has 1 aliphatic heterocycles. The van der Waals surface area contributed by atoms with Gasteiger partial charge in [0.05, 0.1) is 5.69 Å². The molecule has 1 unspecified atom stereocenters. The van der Waals surface area contributed by atoms with Crippen LogP contribution in [-0.2, 0) is 27.2 Å². The Morgan fingerprint density at radius 1 is 1.02 bits per heavy atom. The van der Waals surface area contributed by atoms with E-state index in [1.165, 1.54) is 11.3 Å². The molecule has 3 atom stereocenters. The van der Waals surface area contributed by atoms with Gasteiger partial charge in [-0.15, -0.1) is 11.3 Å². The lowest BCUT2D eigenvalue weighted by molar-refractivity contribution is -0.140. The number of anilines is 1. The Morgan fingerprint density at radius 2 is 1.67 bits per heavy atom. The first-order valence-corrected chi connectivity index (χ1v) is 15.3. The van der Waals surface area contributed by atoms with Crippen molar-refractivity contribution >= 4 is 34.4 Å². The molecule has 2 heterocycles. The highest BCUT2D eigenvalue weighted by Gasteiger charge is 2.42. The number of amides is 3. The van der Waals surface area contributed by atoms with E-state index in [4.69, 9.17) is 10.5 Å². The molecule has 1 fully saturated rings. The Kier molecular flexibility index (Phi) is 8.82. The third-order valence-electron chi connectivity index (χ3n) is 7.73. The first kappa shape index (κ1) is 29.6. The average molecular weight is 590 g/mol. The van der Waals surface area contributed by atoms with E-state index in [1.807, 2.05) is 60.7 Å². The van der Waals surface area contributed by atoms with Crippen LogP contribution in [0.15, 0.2) is 60.7 Å². The summed E-state index contributed by atoms with van der Waals surface area (Å²) in [4.78, 5) is 48.4. The van der Waals surface area contributed by atoms with Gasteiger partial charge in [-0.1, -0.05) is 60.7 Å². The number of likely N-dealkylation sites (tertiary alicyclic amines) is 1. The summed E-state index contributed by atoms with van der Waals surface area (Å²) in [6.45, 7) is 5.78. The van der Waals surface area contributed by atoms with Crippen LogP contribution in [0.5, 0.6) is 0 Å². The van der Waals surface area contributed by atoms with Gasteiger partial charge in [0, 0.05) is 29.8 Å². The quantitative estimate of drug-likeness (QED) is 0.375. The van der Waals surface area contributed by atoms with Crippen molar-refractivity contribution in [1.82, 2.24) is 20.5 Å². The number of carbonyl (C=O) groups is 3. The molecular weight excluding hydrogens is 550 g/mol. The van der Waals surface area contributed by atoms with Gasteiger partial charge in [-0.2, -0.15) is 0 Å². The predicted octanol–water partition coefficient (Wildman–Crippen LogP) is 4.42. The van der Waals surface area contributed by atoms with Crippen LogP contribution in [0.1, 0.15) is 67.6 Å². The SMILES string of the molecule is CC(C)(C)OC(=O)N[C@H](C(=O)N1CCC[C@H]1C(=O)NC1CCc2nc(N)sc2C1)C(c1ccccc1)c1ccccc1. The molecular formula is C32H39N5O4S. The normalized spacial score (nSPS) is 19.2. The number of rotatable bonds is 7. The molecule has 10 heteroatoms. The molecule has 0 bridgehead atoms. The standard InChI is InChI=1S/C32H39N5O4S/c1-32(2,3)41-31(40)36-27(26(20-11-6-4-7-12-20)21-13-8-5-9-14-21)29(39)37-18-10-15-24(37)28(38)34-22-16-17-23-25(19-22)42-30(33)35-23/h4-9,11-14,22,24,26-27H,10,15-19H2,1-3H3,(H2,33,35)(H,34,38)(H,36,40)/t22?,24-,27-/m0/s1. The highest BCUT2D eigenvalue weighted by molar-refractivity contribution is 7.15.